The number of rotatable bonds is 6. The van der Waals surface area contributed by atoms with Crippen molar-refractivity contribution in [3.8, 4) is 0 Å². The second kappa shape index (κ2) is 9.16. The first-order valence-corrected chi connectivity index (χ1v) is 9.34. The first kappa shape index (κ1) is 18.2. The minimum Gasteiger partial charge on any atom is -0.352 e. The van der Waals surface area contributed by atoms with E-state index in [-0.39, 0.29) is 12.6 Å². The molecule has 1 aromatic carbocycles. The number of hydrogen-bond acceptors (Lipinski definition) is 4. The van der Waals surface area contributed by atoms with E-state index in [1.165, 1.54) is 12.8 Å². The summed E-state index contributed by atoms with van der Waals surface area (Å²) in [5.74, 6) is 0.960. The topological polar surface area (TPSA) is 36.9 Å². The molecule has 3 rings (SSSR count). The van der Waals surface area contributed by atoms with E-state index in [0.717, 1.165) is 36.6 Å². The zero-order valence-electron chi connectivity index (χ0n) is 14.3. The molecule has 2 aliphatic heterocycles. The van der Waals surface area contributed by atoms with E-state index < -0.39 is 0 Å². The summed E-state index contributed by atoms with van der Waals surface area (Å²) in [7, 11) is 0. The minimum absolute atomic E-state index is 0.0629. The third-order valence-corrected chi connectivity index (χ3v) is 4.90. The van der Waals surface area contributed by atoms with Crippen LogP contribution in [0.5, 0.6) is 0 Å². The molecule has 5 heteroatoms. The van der Waals surface area contributed by atoms with Crippen LogP contribution in [-0.4, -0.2) is 32.7 Å². The molecule has 0 saturated carbocycles. The fraction of sp³-hybridized carbons (Fsp3) is 0.684. The molecule has 0 aromatic heterocycles. The van der Waals surface area contributed by atoms with Gasteiger partial charge in [-0.1, -0.05) is 37.1 Å². The van der Waals surface area contributed by atoms with Crippen LogP contribution in [-0.2, 0) is 18.9 Å². The van der Waals surface area contributed by atoms with Gasteiger partial charge >= 0.3 is 0 Å². The summed E-state index contributed by atoms with van der Waals surface area (Å²) >= 11 is 5.91. The third kappa shape index (κ3) is 5.17. The van der Waals surface area contributed by atoms with E-state index in [1.54, 1.807) is 0 Å². The normalized spacial score (nSPS) is 31.1. The highest BCUT2D eigenvalue weighted by atomic mass is 35.5. The molecule has 0 spiro atoms. The van der Waals surface area contributed by atoms with Gasteiger partial charge in [0, 0.05) is 22.4 Å². The number of halogens is 1. The fourth-order valence-corrected chi connectivity index (χ4v) is 3.34. The third-order valence-electron chi connectivity index (χ3n) is 4.65. The average Bonchev–Trinajstić information content (AvgIpc) is 2.63. The highest BCUT2D eigenvalue weighted by molar-refractivity contribution is 6.30. The summed E-state index contributed by atoms with van der Waals surface area (Å²) in [4.78, 5) is 0. The molecule has 0 N–H and O–H groups in total. The van der Waals surface area contributed by atoms with E-state index in [0.29, 0.717) is 25.0 Å². The Morgan fingerprint density at radius 3 is 2.04 bits per heavy atom. The summed E-state index contributed by atoms with van der Waals surface area (Å²) in [6.07, 6.45) is 3.93. The Morgan fingerprint density at radius 1 is 0.833 bits per heavy atom. The van der Waals surface area contributed by atoms with Gasteiger partial charge in [-0.15, -0.1) is 0 Å². The zero-order chi connectivity index (χ0) is 16.8. The summed E-state index contributed by atoms with van der Waals surface area (Å²) in [5.41, 5.74) is 1.01. The lowest BCUT2D eigenvalue weighted by molar-refractivity contribution is -0.220. The SMILES string of the molecule is CCC[C@H]1CO[C@H](CC[C@H]2CO[C@H](c3ccc(Cl)cc3)OC2)OC1. The molecule has 134 valence electrons. The molecular formula is C19H27ClO4. The molecule has 4 nitrogen and oxygen atoms in total. The Hall–Kier alpha value is -0.650. The Kier molecular flexibility index (Phi) is 6.93. The van der Waals surface area contributed by atoms with Crippen LogP contribution in [0, 0.1) is 11.8 Å². The van der Waals surface area contributed by atoms with Crippen LogP contribution >= 0.6 is 11.6 Å². The van der Waals surface area contributed by atoms with Crippen LogP contribution in [0.15, 0.2) is 24.3 Å². The molecule has 0 bridgehead atoms. The van der Waals surface area contributed by atoms with Crippen molar-refractivity contribution in [2.75, 3.05) is 26.4 Å². The van der Waals surface area contributed by atoms with Crippen molar-refractivity contribution in [3.05, 3.63) is 34.9 Å². The second-order valence-corrected chi connectivity index (χ2v) is 7.18. The molecule has 2 fully saturated rings. The van der Waals surface area contributed by atoms with Gasteiger partial charge in [-0.05, 0) is 31.4 Å². The fourth-order valence-electron chi connectivity index (χ4n) is 3.22. The number of ether oxygens (including phenoxy) is 4. The molecule has 0 radical (unpaired) electrons. The summed E-state index contributed by atoms with van der Waals surface area (Å²) in [6.45, 7) is 5.27. The van der Waals surface area contributed by atoms with Gasteiger partial charge < -0.3 is 18.9 Å². The monoisotopic (exact) mass is 354 g/mol. The van der Waals surface area contributed by atoms with Crippen molar-refractivity contribution < 1.29 is 18.9 Å². The van der Waals surface area contributed by atoms with Gasteiger partial charge in [0.25, 0.3) is 0 Å². The van der Waals surface area contributed by atoms with Crippen LogP contribution in [0.1, 0.15) is 44.5 Å². The lowest BCUT2D eigenvalue weighted by Crippen LogP contribution is -2.33. The lowest BCUT2D eigenvalue weighted by atomic mass is 10.0. The second-order valence-electron chi connectivity index (χ2n) is 6.74. The highest BCUT2D eigenvalue weighted by Gasteiger charge is 2.26. The maximum absolute atomic E-state index is 5.91. The summed E-state index contributed by atoms with van der Waals surface area (Å²) in [6, 6.07) is 7.62. The van der Waals surface area contributed by atoms with Crippen molar-refractivity contribution in [1.29, 1.82) is 0 Å². The Labute approximate surface area is 149 Å². The van der Waals surface area contributed by atoms with Crippen molar-refractivity contribution in [3.63, 3.8) is 0 Å². The van der Waals surface area contributed by atoms with Gasteiger partial charge in [0.05, 0.1) is 26.4 Å². The Bertz CT molecular complexity index is 477. The quantitative estimate of drug-likeness (QED) is 0.749. The maximum Gasteiger partial charge on any atom is 0.183 e. The van der Waals surface area contributed by atoms with Gasteiger partial charge in [-0.2, -0.15) is 0 Å². The Morgan fingerprint density at radius 2 is 1.42 bits per heavy atom. The molecule has 0 unspecified atom stereocenters. The van der Waals surface area contributed by atoms with Crippen molar-refractivity contribution in [2.45, 2.75) is 45.2 Å². The van der Waals surface area contributed by atoms with Crippen molar-refractivity contribution >= 4 is 11.6 Å². The largest absolute Gasteiger partial charge is 0.352 e. The van der Waals surface area contributed by atoms with Crippen LogP contribution in [0.25, 0.3) is 0 Å². The van der Waals surface area contributed by atoms with Gasteiger partial charge in [0.15, 0.2) is 12.6 Å². The molecule has 2 saturated heterocycles. The van der Waals surface area contributed by atoms with Crippen LogP contribution in [0.3, 0.4) is 0 Å². The van der Waals surface area contributed by atoms with E-state index >= 15 is 0 Å². The molecule has 0 aliphatic carbocycles. The first-order valence-electron chi connectivity index (χ1n) is 8.96. The van der Waals surface area contributed by atoms with Gasteiger partial charge in [-0.3, -0.25) is 0 Å². The predicted molar refractivity (Wildman–Crippen MR) is 92.9 cm³/mol. The minimum atomic E-state index is -0.282. The number of hydrogen-bond donors (Lipinski definition) is 0. The molecule has 24 heavy (non-hydrogen) atoms. The van der Waals surface area contributed by atoms with Gasteiger partial charge in [0.2, 0.25) is 0 Å². The maximum atomic E-state index is 5.91. The average molecular weight is 355 g/mol. The standard InChI is InChI=1S/C19H27ClO4/c1-2-3-14-10-21-18(22-11-14)9-4-15-12-23-19(24-13-15)16-5-7-17(20)8-6-16/h5-8,14-15,18-19H,2-4,9-13H2,1H3/t14-,15-,18-,19-. The molecule has 1 aromatic rings. The molecular weight excluding hydrogens is 328 g/mol. The molecule has 0 atom stereocenters. The smallest absolute Gasteiger partial charge is 0.183 e. The van der Waals surface area contributed by atoms with E-state index in [4.69, 9.17) is 30.5 Å². The van der Waals surface area contributed by atoms with Crippen LogP contribution in [0.2, 0.25) is 5.02 Å². The highest BCUT2D eigenvalue weighted by Crippen LogP contribution is 2.28. The van der Waals surface area contributed by atoms with E-state index in [9.17, 15) is 0 Å². The first-order chi connectivity index (χ1) is 11.7. The van der Waals surface area contributed by atoms with Gasteiger partial charge in [-0.25, -0.2) is 0 Å². The van der Waals surface area contributed by atoms with E-state index in [1.807, 2.05) is 24.3 Å². The molecule has 2 aliphatic rings. The lowest BCUT2D eigenvalue weighted by Gasteiger charge is -2.32. The van der Waals surface area contributed by atoms with Crippen LogP contribution in [0.4, 0.5) is 0 Å². The summed E-state index contributed by atoms with van der Waals surface area (Å²) in [5, 5.41) is 0.723. The van der Waals surface area contributed by atoms with Crippen molar-refractivity contribution in [1.82, 2.24) is 0 Å². The van der Waals surface area contributed by atoms with Crippen molar-refractivity contribution in [2.24, 2.45) is 11.8 Å². The zero-order valence-corrected chi connectivity index (χ0v) is 15.0. The number of benzene rings is 1. The molecule has 0 amide bonds. The van der Waals surface area contributed by atoms with Gasteiger partial charge in [0.1, 0.15) is 0 Å². The van der Waals surface area contributed by atoms with Crippen LogP contribution < -0.4 is 0 Å². The predicted octanol–water partition coefficient (Wildman–Crippen LogP) is 4.57. The van der Waals surface area contributed by atoms with E-state index in [2.05, 4.69) is 6.92 Å². The Balaban J connectivity index is 1.35. The molecule has 2 heterocycles. The summed E-state index contributed by atoms with van der Waals surface area (Å²) < 4.78 is 23.4.